The second-order valence-corrected chi connectivity index (χ2v) is 7.10. The fourth-order valence-electron chi connectivity index (χ4n) is 3.19. The minimum absolute atomic E-state index is 0.0411. The molecule has 0 fully saturated rings. The van der Waals surface area contributed by atoms with Gasteiger partial charge in [-0.05, 0) is 42.8 Å². The quantitative estimate of drug-likeness (QED) is 0.488. The van der Waals surface area contributed by atoms with Crippen LogP contribution in [0, 0.1) is 6.92 Å². The molecule has 0 unspecified atom stereocenters. The van der Waals surface area contributed by atoms with Crippen LogP contribution in [0.5, 0.6) is 0 Å². The fourth-order valence-corrected chi connectivity index (χ4v) is 3.90. The number of fused-ring (bicyclic) bond motifs is 2. The number of hydrogen-bond donors (Lipinski definition) is 2. The van der Waals surface area contributed by atoms with Gasteiger partial charge in [0.05, 0.1) is 32.5 Å². The van der Waals surface area contributed by atoms with Crippen LogP contribution in [0.15, 0.2) is 59.0 Å². The fraction of sp³-hybridized carbons (Fsp3) is 0.0500. The van der Waals surface area contributed by atoms with E-state index in [4.69, 9.17) is 4.98 Å². The lowest BCUT2D eigenvalue weighted by molar-refractivity contribution is 1.22. The summed E-state index contributed by atoms with van der Waals surface area (Å²) in [5.41, 5.74) is 8.10. The smallest absolute Gasteiger partial charge is 0.191 e. The van der Waals surface area contributed by atoms with E-state index in [2.05, 4.69) is 21.0 Å². The van der Waals surface area contributed by atoms with Gasteiger partial charge in [0.25, 0.3) is 0 Å². The first-order valence-corrected chi connectivity index (χ1v) is 9.09. The van der Waals surface area contributed by atoms with Gasteiger partial charge in [0.15, 0.2) is 5.43 Å². The molecule has 5 nitrogen and oxygen atoms in total. The third-order valence-electron chi connectivity index (χ3n) is 4.47. The van der Waals surface area contributed by atoms with E-state index in [1.807, 2.05) is 42.8 Å². The number of H-pyrrole nitrogens is 2. The van der Waals surface area contributed by atoms with E-state index in [1.54, 1.807) is 17.5 Å². The summed E-state index contributed by atoms with van der Waals surface area (Å²) < 4.78 is 1.11. The second-order valence-electron chi connectivity index (χ2n) is 6.21. The molecule has 0 bridgehead atoms. The summed E-state index contributed by atoms with van der Waals surface area (Å²) in [7, 11) is 0. The first-order chi connectivity index (χ1) is 12.7. The van der Waals surface area contributed by atoms with Crippen LogP contribution < -0.4 is 5.43 Å². The van der Waals surface area contributed by atoms with Crippen LogP contribution >= 0.6 is 11.3 Å². The minimum atomic E-state index is -0.0411. The summed E-state index contributed by atoms with van der Waals surface area (Å²) >= 11 is 1.60. The number of pyridine rings is 2. The first kappa shape index (κ1) is 15.0. The van der Waals surface area contributed by atoms with E-state index in [1.165, 1.54) is 6.07 Å². The van der Waals surface area contributed by atoms with Gasteiger partial charge in [-0.25, -0.2) is 9.97 Å². The molecule has 126 valence electrons. The topological polar surface area (TPSA) is 74.4 Å². The van der Waals surface area contributed by atoms with E-state index in [-0.39, 0.29) is 5.43 Å². The number of thiazole rings is 1. The predicted octanol–water partition coefficient (Wildman–Crippen LogP) is 4.50. The number of rotatable bonds is 2. The van der Waals surface area contributed by atoms with Crippen molar-refractivity contribution in [3.63, 3.8) is 0 Å². The first-order valence-electron chi connectivity index (χ1n) is 8.21. The van der Waals surface area contributed by atoms with Gasteiger partial charge in [0, 0.05) is 23.5 Å². The van der Waals surface area contributed by atoms with Gasteiger partial charge in [-0.15, -0.1) is 11.3 Å². The molecular formula is C20H14N4OS. The highest BCUT2D eigenvalue weighted by Crippen LogP contribution is 2.34. The van der Waals surface area contributed by atoms with E-state index >= 15 is 0 Å². The Labute approximate surface area is 152 Å². The Morgan fingerprint density at radius 2 is 2.00 bits per heavy atom. The van der Waals surface area contributed by atoms with Crippen LogP contribution in [-0.4, -0.2) is 19.9 Å². The van der Waals surface area contributed by atoms with Gasteiger partial charge in [-0.1, -0.05) is 6.07 Å². The highest BCUT2D eigenvalue weighted by molar-refractivity contribution is 7.16. The molecule has 5 rings (SSSR count). The van der Waals surface area contributed by atoms with Gasteiger partial charge in [0.2, 0.25) is 0 Å². The molecule has 0 amide bonds. The van der Waals surface area contributed by atoms with Crippen molar-refractivity contribution < 1.29 is 0 Å². The molecule has 4 aromatic heterocycles. The molecule has 0 saturated heterocycles. The maximum absolute atomic E-state index is 12.3. The van der Waals surface area contributed by atoms with Crippen molar-refractivity contribution in [3.05, 3.63) is 70.1 Å². The molecule has 1 aromatic carbocycles. The summed E-state index contributed by atoms with van der Waals surface area (Å²) in [6, 6.07) is 13.6. The van der Waals surface area contributed by atoms with Crippen molar-refractivity contribution >= 4 is 32.6 Å². The average molecular weight is 358 g/mol. The Morgan fingerprint density at radius 1 is 1.08 bits per heavy atom. The maximum Gasteiger partial charge on any atom is 0.191 e. The molecule has 0 radical (unpaired) electrons. The van der Waals surface area contributed by atoms with Crippen molar-refractivity contribution in [1.82, 2.24) is 19.9 Å². The van der Waals surface area contributed by atoms with Crippen LogP contribution in [0.3, 0.4) is 0 Å². The molecular weight excluding hydrogens is 344 g/mol. The summed E-state index contributed by atoms with van der Waals surface area (Å²) in [6.07, 6.45) is 1.63. The molecule has 0 saturated carbocycles. The lowest BCUT2D eigenvalue weighted by atomic mass is 10.0. The number of aryl methyl sites for hydroxylation is 1. The zero-order chi connectivity index (χ0) is 17.7. The highest BCUT2D eigenvalue weighted by Gasteiger charge is 2.15. The summed E-state index contributed by atoms with van der Waals surface area (Å²) in [6.45, 7) is 2.01. The largest absolute Gasteiger partial charge is 0.357 e. The molecule has 0 aliphatic carbocycles. The highest BCUT2D eigenvalue weighted by atomic mass is 32.1. The summed E-state index contributed by atoms with van der Waals surface area (Å²) in [4.78, 5) is 27.8. The third kappa shape index (κ3) is 2.34. The third-order valence-corrected chi connectivity index (χ3v) is 5.26. The second kappa shape index (κ2) is 5.64. The molecule has 5 aromatic rings. The Bertz CT molecular complexity index is 1330. The lowest BCUT2D eigenvalue weighted by Crippen LogP contribution is -2.03. The van der Waals surface area contributed by atoms with Crippen molar-refractivity contribution in [2.24, 2.45) is 0 Å². The standard InChI is InChI=1S/C20H14N4OS/c1-11-2-4-16(23-11)19-13(9-14-17(25)6-7-21-20(14)24-19)12-3-5-15-18(8-12)26-10-22-15/h2-10,23H,1H3,(H,21,24,25). The molecule has 26 heavy (non-hydrogen) atoms. The van der Waals surface area contributed by atoms with Crippen LogP contribution in [0.25, 0.3) is 43.8 Å². The lowest BCUT2D eigenvalue weighted by Gasteiger charge is -2.10. The molecule has 2 N–H and O–H groups in total. The number of aromatic nitrogens is 4. The molecule has 0 aliphatic rings. The molecule has 4 heterocycles. The van der Waals surface area contributed by atoms with Crippen LogP contribution in [-0.2, 0) is 0 Å². The number of nitrogens with zero attached hydrogens (tertiary/aromatic N) is 2. The maximum atomic E-state index is 12.3. The van der Waals surface area contributed by atoms with Gasteiger partial charge >= 0.3 is 0 Å². The number of benzene rings is 1. The van der Waals surface area contributed by atoms with Crippen molar-refractivity contribution in [2.45, 2.75) is 6.92 Å². The normalized spacial score (nSPS) is 11.4. The Morgan fingerprint density at radius 3 is 2.85 bits per heavy atom. The van der Waals surface area contributed by atoms with Crippen LogP contribution in [0.1, 0.15) is 5.69 Å². The Hall–Kier alpha value is -3.25. The summed E-state index contributed by atoms with van der Waals surface area (Å²) in [5.74, 6) is 0. The zero-order valence-electron chi connectivity index (χ0n) is 13.9. The average Bonchev–Trinajstić information content (AvgIpc) is 3.29. The van der Waals surface area contributed by atoms with Gasteiger partial charge < -0.3 is 9.97 Å². The van der Waals surface area contributed by atoms with E-state index in [0.717, 1.165) is 38.4 Å². The van der Waals surface area contributed by atoms with Gasteiger partial charge in [0.1, 0.15) is 5.65 Å². The van der Waals surface area contributed by atoms with Gasteiger partial charge in [-0.2, -0.15) is 0 Å². The van der Waals surface area contributed by atoms with E-state index < -0.39 is 0 Å². The van der Waals surface area contributed by atoms with Crippen molar-refractivity contribution in [3.8, 4) is 22.5 Å². The van der Waals surface area contributed by atoms with E-state index in [9.17, 15) is 4.79 Å². The van der Waals surface area contributed by atoms with Crippen molar-refractivity contribution in [2.75, 3.05) is 0 Å². The molecule has 0 atom stereocenters. The number of nitrogens with one attached hydrogen (secondary N) is 2. The number of hydrogen-bond acceptors (Lipinski definition) is 4. The minimum Gasteiger partial charge on any atom is -0.357 e. The molecule has 0 aliphatic heterocycles. The predicted molar refractivity (Wildman–Crippen MR) is 106 cm³/mol. The van der Waals surface area contributed by atoms with Crippen LogP contribution in [0.4, 0.5) is 0 Å². The molecule has 0 spiro atoms. The Balaban J connectivity index is 1.86. The number of aromatic amines is 2. The monoisotopic (exact) mass is 358 g/mol. The van der Waals surface area contributed by atoms with Gasteiger partial charge in [-0.3, -0.25) is 4.79 Å². The van der Waals surface area contributed by atoms with E-state index in [0.29, 0.717) is 11.0 Å². The summed E-state index contributed by atoms with van der Waals surface area (Å²) in [5, 5.41) is 0.582. The molecule has 6 heteroatoms. The Kier molecular flexibility index (Phi) is 3.26. The SMILES string of the molecule is Cc1ccc(-c2nc3[nH]ccc(=O)c3cc2-c2ccc3ncsc3c2)[nH]1. The zero-order valence-corrected chi connectivity index (χ0v) is 14.7. The van der Waals surface area contributed by atoms with Crippen molar-refractivity contribution in [1.29, 1.82) is 0 Å². The van der Waals surface area contributed by atoms with Crippen LogP contribution in [0.2, 0.25) is 0 Å².